The van der Waals surface area contributed by atoms with Gasteiger partial charge in [-0.15, -0.1) is 0 Å². The van der Waals surface area contributed by atoms with Crippen LogP contribution in [0.5, 0.6) is 0 Å². The summed E-state index contributed by atoms with van der Waals surface area (Å²) in [5, 5.41) is 2.96. The van der Waals surface area contributed by atoms with Gasteiger partial charge in [-0.3, -0.25) is 5.32 Å². The van der Waals surface area contributed by atoms with E-state index >= 15 is 0 Å². The SMILES string of the molecule is CCOC(=O)[C@@](NC(=O)OC(C)C)(Nc1cccc(C(F)(F)F)c1)C(F)(F)F. The molecule has 1 aromatic rings. The number of hydrogen-bond acceptors (Lipinski definition) is 5. The third-order valence-corrected chi connectivity index (χ3v) is 3.16. The second kappa shape index (κ2) is 8.57. The van der Waals surface area contributed by atoms with Crippen LogP contribution in [0, 0.1) is 0 Å². The summed E-state index contributed by atoms with van der Waals surface area (Å²) in [6, 6.07) is 2.69. The average molecular weight is 416 g/mol. The summed E-state index contributed by atoms with van der Waals surface area (Å²) in [5.74, 6) is -1.97. The van der Waals surface area contributed by atoms with Crippen molar-refractivity contribution in [3.8, 4) is 0 Å². The summed E-state index contributed by atoms with van der Waals surface area (Å²) in [6.07, 6.45) is -12.8. The number of alkyl halides is 6. The minimum absolute atomic E-state index is 0.356. The third-order valence-electron chi connectivity index (χ3n) is 3.16. The maximum Gasteiger partial charge on any atom is 0.442 e. The minimum Gasteiger partial charge on any atom is -0.463 e. The van der Waals surface area contributed by atoms with Crippen LogP contribution in [-0.4, -0.2) is 36.6 Å². The topological polar surface area (TPSA) is 76.7 Å². The van der Waals surface area contributed by atoms with E-state index in [2.05, 4.69) is 9.47 Å². The molecule has 12 heteroatoms. The molecule has 6 nitrogen and oxygen atoms in total. The zero-order valence-electron chi connectivity index (χ0n) is 15.0. The van der Waals surface area contributed by atoms with E-state index in [0.717, 1.165) is 12.1 Å². The molecular formula is C16H18F6N2O4. The molecule has 0 spiro atoms. The van der Waals surface area contributed by atoms with E-state index in [1.54, 1.807) is 5.32 Å². The van der Waals surface area contributed by atoms with Gasteiger partial charge in [0, 0.05) is 5.69 Å². The molecule has 0 aliphatic heterocycles. The van der Waals surface area contributed by atoms with E-state index in [4.69, 9.17) is 0 Å². The number of carbonyl (C=O) groups is 2. The molecule has 0 saturated heterocycles. The highest BCUT2D eigenvalue weighted by atomic mass is 19.4. The van der Waals surface area contributed by atoms with Gasteiger partial charge in [0.15, 0.2) is 0 Å². The van der Waals surface area contributed by atoms with Gasteiger partial charge in [0.1, 0.15) is 0 Å². The second-order valence-electron chi connectivity index (χ2n) is 5.75. The molecule has 2 N–H and O–H groups in total. The highest BCUT2D eigenvalue weighted by Gasteiger charge is 2.64. The van der Waals surface area contributed by atoms with Crippen LogP contribution in [0.15, 0.2) is 24.3 Å². The first-order valence-electron chi connectivity index (χ1n) is 7.91. The van der Waals surface area contributed by atoms with Crippen LogP contribution in [0.25, 0.3) is 0 Å². The third kappa shape index (κ3) is 5.67. The number of ether oxygens (including phenoxy) is 2. The van der Waals surface area contributed by atoms with Crippen LogP contribution in [0.4, 0.5) is 36.8 Å². The Morgan fingerprint density at radius 1 is 1.11 bits per heavy atom. The van der Waals surface area contributed by atoms with Gasteiger partial charge in [0.05, 0.1) is 18.3 Å². The van der Waals surface area contributed by atoms with Crippen molar-refractivity contribution in [3.05, 3.63) is 29.8 Å². The lowest BCUT2D eigenvalue weighted by molar-refractivity contribution is -0.205. The smallest absolute Gasteiger partial charge is 0.442 e. The molecular weight excluding hydrogens is 398 g/mol. The molecule has 0 unspecified atom stereocenters. The number of hydrogen-bond donors (Lipinski definition) is 2. The fourth-order valence-corrected chi connectivity index (χ4v) is 2.02. The Balaban J connectivity index is 3.44. The van der Waals surface area contributed by atoms with Crippen LogP contribution in [0.3, 0.4) is 0 Å². The summed E-state index contributed by atoms with van der Waals surface area (Å²) >= 11 is 0. The standard InChI is InChI=1S/C16H18F6N2O4/c1-4-27-12(25)14(16(20,21)22,24-13(26)28-9(2)3)23-11-7-5-6-10(8-11)15(17,18)19/h5-9,23H,4H2,1-3H3,(H,24,26)/t14-/m0/s1. The van der Waals surface area contributed by atoms with E-state index in [9.17, 15) is 35.9 Å². The molecule has 0 fully saturated rings. The normalized spacial score (nSPS) is 14.2. The van der Waals surface area contributed by atoms with Crippen molar-refractivity contribution in [1.82, 2.24) is 5.32 Å². The molecule has 28 heavy (non-hydrogen) atoms. The maximum absolute atomic E-state index is 13.8. The van der Waals surface area contributed by atoms with Gasteiger partial charge < -0.3 is 14.8 Å². The Morgan fingerprint density at radius 3 is 2.18 bits per heavy atom. The van der Waals surface area contributed by atoms with Gasteiger partial charge in [0.25, 0.3) is 0 Å². The van der Waals surface area contributed by atoms with Gasteiger partial charge in [-0.25, -0.2) is 9.59 Å². The summed E-state index contributed by atoms with van der Waals surface area (Å²) in [4.78, 5) is 23.9. The number of esters is 1. The zero-order valence-corrected chi connectivity index (χ0v) is 15.0. The molecule has 0 radical (unpaired) electrons. The molecule has 0 aliphatic rings. The van der Waals surface area contributed by atoms with Gasteiger partial charge in [-0.2, -0.15) is 26.3 Å². The Kier molecular flexibility index (Phi) is 7.15. The highest BCUT2D eigenvalue weighted by Crippen LogP contribution is 2.35. The zero-order chi connectivity index (χ0) is 21.8. The van der Waals surface area contributed by atoms with Crippen LogP contribution >= 0.6 is 0 Å². The lowest BCUT2D eigenvalue weighted by atomic mass is 10.1. The van der Waals surface area contributed by atoms with E-state index < -0.39 is 54.0 Å². The van der Waals surface area contributed by atoms with Crippen LogP contribution in [0.1, 0.15) is 26.3 Å². The van der Waals surface area contributed by atoms with Crippen LogP contribution in [-0.2, 0) is 20.4 Å². The maximum atomic E-state index is 13.8. The quantitative estimate of drug-likeness (QED) is 0.415. The van der Waals surface area contributed by atoms with Gasteiger partial charge >= 0.3 is 30.1 Å². The highest BCUT2D eigenvalue weighted by molar-refractivity contribution is 5.89. The minimum atomic E-state index is -5.50. The molecule has 0 heterocycles. The first-order valence-corrected chi connectivity index (χ1v) is 7.91. The monoisotopic (exact) mass is 416 g/mol. The van der Waals surface area contributed by atoms with Crippen molar-refractivity contribution in [2.75, 3.05) is 11.9 Å². The molecule has 1 amide bonds. The predicted octanol–water partition coefficient (Wildman–Crippen LogP) is 4.07. The molecule has 0 bridgehead atoms. The summed E-state index contributed by atoms with van der Waals surface area (Å²) in [5.41, 5.74) is -5.87. The predicted molar refractivity (Wildman–Crippen MR) is 85.2 cm³/mol. The van der Waals surface area contributed by atoms with E-state index in [0.29, 0.717) is 12.1 Å². The number of anilines is 1. The average Bonchev–Trinajstić information content (AvgIpc) is 2.52. The fraction of sp³-hybridized carbons (Fsp3) is 0.500. The number of alkyl carbamates (subject to hydrolysis) is 1. The molecule has 0 aliphatic carbocycles. The molecule has 158 valence electrons. The van der Waals surface area contributed by atoms with Crippen LogP contribution < -0.4 is 10.6 Å². The first kappa shape index (κ1) is 23.4. The van der Waals surface area contributed by atoms with Crippen molar-refractivity contribution in [1.29, 1.82) is 0 Å². The number of benzene rings is 1. The van der Waals surface area contributed by atoms with Gasteiger partial charge in [-0.1, -0.05) is 6.07 Å². The summed E-state index contributed by atoms with van der Waals surface area (Å²) in [6.45, 7) is 3.43. The summed E-state index contributed by atoms with van der Waals surface area (Å²) in [7, 11) is 0. The Morgan fingerprint density at radius 2 is 1.71 bits per heavy atom. The lowest BCUT2D eigenvalue weighted by Crippen LogP contribution is -2.69. The van der Waals surface area contributed by atoms with Crippen molar-refractivity contribution in [3.63, 3.8) is 0 Å². The van der Waals surface area contributed by atoms with Gasteiger partial charge in [0.2, 0.25) is 0 Å². The summed E-state index contributed by atoms with van der Waals surface area (Å²) < 4.78 is 88.9. The Hall–Kier alpha value is -2.66. The Labute approximate surface area is 156 Å². The van der Waals surface area contributed by atoms with E-state index in [1.807, 2.05) is 0 Å². The van der Waals surface area contributed by atoms with Gasteiger partial charge in [-0.05, 0) is 39.0 Å². The first-order chi connectivity index (χ1) is 12.7. The number of rotatable bonds is 6. The number of nitrogens with one attached hydrogen (secondary N) is 2. The number of amides is 1. The van der Waals surface area contributed by atoms with E-state index in [-0.39, 0.29) is 0 Å². The fourth-order valence-electron chi connectivity index (χ4n) is 2.02. The number of carbonyl (C=O) groups excluding carboxylic acids is 2. The molecule has 1 aromatic carbocycles. The number of halogens is 6. The van der Waals surface area contributed by atoms with Crippen LogP contribution in [0.2, 0.25) is 0 Å². The molecule has 1 rings (SSSR count). The van der Waals surface area contributed by atoms with Crippen molar-refractivity contribution < 1.29 is 45.4 Å². The van der Waals surface area contributed by atoms with Crippen molar-refractivity contribution in [2.24, 2.45) is 0 Å². The van der Waals surface area contributed by atoms with Crippen molar-refractivity contribution in [2.45, 2.75) is 44.9 Å². The lowest BCUT2D eigenvalue weighted by Gasteiger charge is -2.35. The molecule has 1 atom stereocenters. The van der Waals surface area contributed by atoms with Crippen molar-refractivity contribution >= 4 is 17.7 Å². The Bertz CT molecular complexity index is 705. The second-order valence-corrected chi connectivity index (χ2v) is 5.75. The van der Waals surface area contributed by atoms with E-state index in [1.165, 1.54) is 26.1 Å². The molecule has 0 aromatic heterocycles. The molecule has 0 saturated carbocycles. The largest absolute Gasteiger partial charge is 0.463 e.